The van der Waals surface area contributed by atoms with Gasteiger partial charge < -0.3 is 14.8 Å². The molecule has 1 amide bonds. The molecule has 2 aromatic carbocycles. The summed E-state index contributed by atoms with van der Waals surface area (Å²) in [5.74, 6) is -2.11. The van der Waals surface area contributed by atoms with E-state index in [-0.39, 0.29) is 11.5 Å². The van der Waals surface area contributed by atoms with Crippen molar-refractivity contribution in [3.05, 3.63) is 65.1 Å². The van der Waals surface area contributed by atoms with Crippen LogP contribution < -0.4 is 14.8 Å². The molecule has 0 bridgehead atoms. The van der Waals surface area contributed by atoms with Gasteiger partial charge in [0, 0.05) is 16.6 Å². The third-order valence-electron chi connectivity index (χ3n) is 4.29. The number of thioether (sulfide) groups is 1. The van der Waals surface area contributed by atoms with E-state index in [1.807, 2.05) is 13.2 Å². The van der Waals surface area contributed by atoms with Crippen LogP contribution in [0.3, 0.4) is 0 Å². The average molecular weight is 467 g/mol. The summed E-state index contributed by atoms with van der Waals surface area (Å²) < 4.78 is 63.5. The Bertz CT molecular complexity index is 1160. The van der Waals surface area contributed by atoms with Crippen molar-refractivity contribution in [2.45, 2.75) is 18.0 Å². The lowest BCUT2D eigenvalue weighted by Gasteiger charge is -2.14. The van der Waals surface area contributed by atoms with Crippen LogP contribution in [0.4, 0.5) is 23.2 Å². The fourth-order valence-corrected chi connectivity index (χ4v) is 3.32. The lowest BCUT2D eigenvalue weighted by atomic mass is 10.2. The predicted molar refractivity (Wildman–Crippen MR) is 111 cm³/mol. The van der Waals surface area contributed by atoms with Crippen LogP contribution >= 0.6 is 11.8 Å². The lowest BCUT2D eigenvalue weighted by Crippen LogP contribution is -2.18. The molecule has 0 aliphatic heterocycles. The highest BCUT2D eigenvalue weighted by atomic mass is 32.2. The first-order chi connectivity index (χ1) is 15.1. The molecule has 11 heteroatoms. The number of carbonyl (C=O) groups excluding carboxylic acids is 1. The Morgan fingerprint density at radius 3 is 2.47 bits per heavy atom. The first-order valence-corrected chi connectivity index (χ1v) is 10.3. The van der Waals surface area contributed by atoms with E-state index in [1.165, 1.54) is 24.9 Å². The summed E-state index contributed by atoms with van der Waals surface area (Å²) in [6, 6.07) is 8.90. The third kappa shape index (κ3) is 5.28. The van der Waals surface area contributed by atoms with Crippen LogP contribution in [0.2, 0.25) is 0 Å². The predicted octanol–water partition coefficient (Wildman–Crippen LogP) is 5.72. The molecule has 168 valence electrons. The Hall–Kier alpha value is -3.34. The van der Waals surface area contributed by atoms with Gasteiger partial charge in [-0.1, -0.05) is 6.07 Å². The molecule has 0 radical (unpaired) electrons. The Morgan fingerprint density at radius 1 is 1.06 bits per heavy atom. The van der Waals surface area contributed by atoms with Gasteiger partial charge in [-0.05, 0) is 49.1 Å². The maximum atomic E-state index is 13.4. The number of alkyl halides is 3. The van der Waals surface area contributed by atoms with E-state index in [9.17, 15) is 22.4 Å². The smallest absolute Gasteiger partial charge is 0.435 e. The first kappa shape index (κ1) is 23.3. The number of amides is 1. The second kappa shape index (κ2) is 9.43. The van der Waals surface area contributed by atoms with E-state index in [0.717, 1.165) is 22.6 Å². The molecule has 3 rings (SSSR count). The summed E-state index contributed by atoms with van der Waals surface area (Å²) in [4.78, 5) is 13.8. The Kier molecular flexibility index (Phi) is 6.87. The molecule has 3 aromatic rings. The number of methoxy groups -OCH3 is 1. The summed E-state index contributed by atoms with van der Waals surface area (Å²) >= 11 is 1.46. The molecule has 1 heterocycles. The molecule has 6 nitrogen and oxygen atoms in total. The zero-order valence-corrected chi connectivity index (χ0v) is 17.9. The Labute approximate surface area is 185 Å². The number of aryl methyl sites for hydroxylation is 1. The molecule has 0 fully saturated rings. The zero-order chi connectivity index (χ0) is 23.5. The van der Waals surface area contributed by atoms with Crippen LogP contribution in [-0.4, -0.2) is 29.5 Å². The summed E-state index contributed by atoms with van der Waals surface area (Å²) in [7, 11) is 1.26. The number of hydrogen-bond donors (Lipinski definition) is 1. The number of anilines is 1. The molecule has 1 N–H and O–H groups in total. The maximum Gasteiger partial charge on any atom is 0.435 e. The van der Waals surface area contributed by atoms with Crippen LogP contribution in [0.5, 0.6) is 17.4 Å². The molecule has 32 heavy (non-hydrogen) atoms. The van der Waals surface area contributed by atoms with Gasteiger partial charge in [0.15, 0.2) is 17.2 Å². The summed E-state index contributed by atoms with van der Waals surface area (Å²) in [6.45, 7) is 1.89. The van der Waals surface area contributed by atoms with Crippen LogP contribution in [0.15, 0.2) is 47.4 Å². The van der Waals surface area contributed by atoms with Gasteiger partial charge in [-0.25, -0.2) is 4.39 Å². The van der Waals surface area contributed by atoms with Crippen LogP contribution in [0.1, 0.15) is 21.6 Å². The van der Waals surface area contributed by atoms with Gasteiger partial charge in [-0.2, -0.15) is 13.2 Å². The number of hydrogen-bond acceptors (Lipinski definition) is 6. The second-order valence-electron chi connectivity index (χ2n) is 6.48. The van der Waals surface area contributed by atoms with Crippen molar-refractivity contribution in [1.82, 2.24) is 10.2 Å². The Morgan fingerprint density at radius 2 is 1.81 bits per heavy atom. The molecule has 0 aliphatic carbocycles. The SMILES string of the molecule is COc1cc(F)ccc1Oc1nnc(C(F)(F)F)cc1C(=O)Nc1ccc(C)c(SC)c1. The highest BCUT2D eigenvalue weighted by Crippen LogP contribution is 2.35. The van der Waals surface area contributed by atoms with E-state index in [1.54, 1.807) is 18.2 Å². The molecule has 1 aromatic heterocycles. The zero-order valence-electron chi connectivity index (χ0n) is 17.1. The standard InChI is InChI=1S/C21H17F4N3O3S/c1-11-4-6-13(9-17(11)32-3)26-19(29)14-10-18(21(23,24)25)27-28-20(14)31-15-7-5-12(22)8-16(15)30-2/h4-10H,1-3H3,(H,26,29). The topological polar surface area (TPSA) is 73.3 Å². The van der Waals surface area contributed by atoms with E-state index >= 15 is 0 Å². The molecular formula is C21H17F4N3O3S. The van der Waals surface area contributed by atoms with Crippen molar-refractivity contribution in [3.8, 4) is 17.4 Å². The van der Waals surface area contributed by atoms with Gasteiger partial charge in [0.05, 0.1) is 7.11 Å². The largest absolute Gasteiger partial charge is 0.493 e. The normalized spacial score (nSPS) is 11.2. The number of ether oxygens (including phenoxy) is 2. The fourth-order valence-electron chi connectivity index (χ4n) is 2.68. The van der Waals surface area contributed by atoms with Crippen molar-refractivity contribution in [3.63, 3.8) is 0 Å². The minimum Gasteiger partial charge on any atom is -0.493 e. The van der Waals surface area contributed by atoms with Gasteiger partial charge >= 0.3 is 6.18 Å². The fraction of sp³-hybridized carbons (Fsp3) is 0.190. The Balaban J connectivity index is 2.01. The summed E-state index contributed by atoms with van der Waals surface area (Å²) in [6.07, 6.45) is -2.97. The van der Waals surface area contributed by atoms with Crippen molar-refractivity contribution >= 4 is 23.4 Å². The highest BCUT2D eigenvalue weighted by Gasteiger charge is 2.35. The van der Waals surface area contributed by atoms with Crippen molar-refractivity contribution in [2.75, 3.05) is 18.7 Å². The number of nitrogens with one attached hydrogen (secondary N) is 1. The van der Waals surface area contributed by atoms with E-state index in [2.05, 4.69) is 15.5 Å². The van der Waals surface area contributed by atoms with Crippen molar-refractivity contribution in [2.24, 2.45) is 0 Å². The third-order valence-corrected chi connectivity index (χ3v) is 5.17. The molecule has 0 spiro atoms. The minimum atomic E-state index is -4.83. The monoisotopic (exact) mass is 467 g/mol. The van der Waals surface area contributed by atoms with Crippen molar-refractivity contribution in [1.29, 1.82) is 0 Å². The summed E-state index contributed by atoms with van der Waals surface area (Å²) in [5.41, 5.74) is -0.520. The van der Waals surface area contributed by atoms with Gasteiger partial charge in [0.25, 0.3) is 11.8 Å². The number of halogens is 4. The number of carbonyl (C=O) groups is 1. The van der Waals surface area contributed by atoms with Gasteiger partial charge in [0.2, 0.25) is 0 Å². The maximum absolute atomic E-state index is 13.4. The summed E-state index contributed by atoms with van der Waals surface area (Å²) in [5, 5.41) is 9.10. The molecular weight excluding hydrogens is 450 g/mol. The van der Waals surface area contributed by atoms with Crippen LogP contribution in [0, 0.1) is 12.7 Å². The van der Waals surface area contributed by atoms with Gasteiger partial charge in [0.1, 0.15) is 11.4 Å². The number of benzene rings is 2. The number of aromatic nitrogens is 2. The first-order valence-electron chi connectivity index (χ1n) is 9.04. The highest BCUT2D eigenvalue weighted by molar-refractivity contribution is 7.98. The minimum absolute atomic E-state index is 0.0406. The van der Waals surface area contributed by atoms with Crippen LogP contribution in [-0.2, 0) is 6.18 Å². The van der Waals surface area contributed by atoms with E-state index in [0.29, 0.717) is 11.8 Å². The number of rotatable bonds is 6. The molecule has 0 saturated carbocycles. The number of nitrogens with zero attached hydrogens (tertiary/aromatic N) is 2. The van der Waals surface area contributed by atoms with E-state index < -0.39 is 35.0 Å². The van der Waals surface area contributed by atoms with E-state index in [4.69, 9.17) is 9.47 Å². The van der Waals surface area contributed by atoms with Gasteiger partial charge in [-0.15, -0.1) is 22.0 Å². The second-order valence-corrected chi connectivity index (χ2v) is 7.33. The van der Waals surface area contributed by atoms with Crippen molar-refractivity contribution < 1.29 is 31.8 Å². The quantitative estimate of drug-likeness (QED) is 0.369. The molecule has 0 unspecified atom stereocenters. The van der Waals surface area contributed by atoms with Gasteiger partial charge in [-0.3, -0.25) is 4.79 Å². The molecule has 0 atom stereocenters. The molecule has 0 saturated heterocycles. The molecule has 0 aliphatic rings. The lowest BCUT2D eigenvalue weighted by molar-refractivity contribution is -0.141. The van der Waals surface area contributed by atoms with Crippen LogP contribution in [0.25, 0.3) is 0 Å². The average Bonchev–Trinajstić information content (AvgIpc) is 2.75.